The lowest BCUT2D eigenvalue weighted by molar-refractivity contribution is 0.319. The second-order valence-corrected chi connectivity index (χ2v) is 6.53. The second-order valence-electron chi connectivity index (χ2n) is 6.53. The van der Waals surface area contributed by atoms with Crippen molar-refractivity contribution in [1.82, 2.24) is 9.88 Å². The molecule has 0 radical (unpaired) electrons. The van der Waals surface area contributed by atoms with Crippen molar-refractivity contribution in [3.63, 3.8) is 0 Å². The van der Waals surface area contributed by atoms with Crippen LogP contribution in [0.2, 0.25) is 0 Å². The summed E-state index contributed by atoms with van der Waals surface area (Å²) < 4.78 is 18.9. The van der Waals surface area contributed by atoms with Crippen LogP contribution >= 0.6 is 12.4 Å². The van der Waals surface area contributed by atoms with Crippen molar-refractivity contribution in [1.29, 1.82) is 0 Å². The molecule has 4 nitrogen and oxygen atoms in total. The molecular formula is C20H21ClFN3O. The molecule has 1 aromatic heterocycles. The van der Waals surface area contributed by atoms with Crippen molar-refractivity contribution in [3.05, 3.63) is 77.9 Å². The average Bonchev–Trinajstić information content (AvgIpc) is 3.23. The van der Waals surface area contributed by atoms with Crippen LogP contribution in [0.4, 0.5) is 4.39 Å². The summed E-state index contributed by atoms with van der Waals surface area (Å²) in [7, 11) is 0. The smallest absolute Gasteiger partial charge is 0.226 e. The van der Waals surface area contributed by atoms with Crippen LogP contribution in [-0.2, 0) is 6.54 Å². The Morgan fingerprint density at radius 1 is 1.12 bits per heavy atom. The van der Waals surface area contributed by atoms with Crippen LogP contribution in [0, 0.1) is 5.82 Å². The molecule has 0 spiro atoms. The highest BCUT2D eigenvalue weighted by Crippen LogP contribution is 2.28. The summed E-state index contributed by atoms with van der Waals surface area (Å²) in [6, 6.07) is 16.8. The fraction of sp³-hybridized carbons (Fsp3) is 0.250. The number of benzene rings is 2. The van der Waals surface area contributed by atoms with Gasteiger partial charge in [-0.15, -0.1) is 12.4 Å². The topological polar surface area (TPSA) is 55.3 Å². The normalized spacial score (nSPS) is 20.1. The molecule has 2 N–H and O–H groups in total. The zero-order valence-electron chi connectivity index (χ0n) is 14.2. The van der Waals surface area contributed by atoms with Crippen LogP contribution in [0.25, 0.3) is 11.5 Å². The number of nitrogens with two attached hydrogens (primary N) is 1. The summed E-state index contributed by atoms with van der Waals surface area (Å²) in [5.41, 5.74) is 9.10. The summed E-state index contributed by atoms with van der Waals surface area (Å²) >= 11 is 0. The van der Waals surface area contributed by atoms with Gasteiger partial charge in [0.15, 0.2) is 0 Å². The fourth-order valence-electron chi connectivity index (χ4n) is 3.46. The van der Waals surface area contributed by atoms with Crippen LogP contribution in [0.1, 0.15) is 17.2 Å². The van der Waals surface area contributed by atoms with E-state index in [1.807, 2.05) is 18.2 Å². The number of nitrogens with zero attached hydrogens (tertiary/aromatic N) is 2. The van der Waals surface area contributed by atoms with Crippen LogP contribution in [0.15, 0.2) is 65.3 Å². The van der Waals surface area contributed by atoms with E-state index in [2.05, 4.69) is 22.0 Å². The molecule has 6 heteroatoms. The van der Waals surface area contributed by atoms with Crippen LogP contribution in [0.5, 0.6) is 0 Å². The third-order valence-corrected chi connectivity index (χ3v) is 4.68. The summed E-state index contributed by atoms with van der Waals surface area (Å²) in [5, 5.41) is 0. The number of oxazole rings is 1. The third-order valence-electron chi connectivity index (χ3n) is 4.68. The maximum Gasteiger partial charge on any atom is 0.226 e. The van der Waals surface area contributed by atoms with Crippen molar-refractivity contribution in [3.8, 4) is 11.5 Å². The van der Waals surface area contributed by atoms with E-state index in [1.165, 1.54) is 17.7 Å². The molecule has 136 valence electrons. The summed E-state index contributed by atoms with van der Waals surface area (Å²) in [4.78, 5) is 6.78. The molecule has 2 aromatic carbocycles. The quantitative estimate of drug-likeness (QED) is 0.755. The SMILES string of the molecule is Cl.N[C@@H]1CN(Cc2coc(-c3cccc(F)c3)n2)C[C@H]1c1ccccc1. The maximum absolute atomic E-state index is 13.3. The minimum atomic E-state index is -0.298. The van der Waals surface area contributed by atoms with Crippen molar-refractivity contribution < 1.29 is 8.81 Å². The number of hydrogen-bond donors (Lipinski definition) is 1. The highest BCUT2D eigenvalue weighted by atomic mass is 35.5. The molecule has 1 saturated heterocycles. The van der Waals surface area contributed by atoms with Gasteiger partial charge in [-0.2, -0.15) is 0 Å². The number of hydrogen-bond acceptors (Lipinski definition) is 4. The molecule has 0 aliphatic carbocycles. The Labute approximate surface area is 158 Å². The zero-order chi connectivity index (χ0) is 17.2. The molecule has 0 saturated carbocycles. The van der Waals surface area contributed by atoms with Crippen molar-refractivity contribution >= 4 is 12.4 Å². The van der Waals surface area contributed by atoms with Crippen molar-refractivity contribution in [2.24, 2.45) is 5.73 Å². The third kappa shape index (κ3) is 3.96. The Kier molecular flexibility index (Phi) is 5.71. The van der Waals surface area contributed by atoms with Gasteiger partial charge in [0.05, 0.1) is 5.69 Å². The summed E-state index contributed by atoms with van der Waals surface area (Å²) in [6.07, 6.45) is 1.64. The minimum absolute atomic E-state index is 0. The van der Waals surface area contributed by atoms with E-state index in [1.54, 1.807) is 18.4 Å². The standard InChI is InChI=1S/C20H20FN3O.ClH/c21-16-8-4-7-15(9-16)20-23-17(13-25-20)10-24-11-18(19(22)12-24)14-5-2-1-3-6-14;/h1-9,13,18-19H,10-12,22H2;1H/t18-,19+;/m0./s1. The number of rotatable bonds is 4. The van der Waals surface area contributed by atoms with Gasteiger partial charge in [0.2, 0.25) is 5.89 Å². The Morgan fingerprint density at radius 3 is 2.69 bits per heavy atom. The highest BCUT2D eigenvalue weighted by Gasteiger charge is 2.31. The predicted octanol–water partition coefficient (Wildman–Crippen LogP) is 3.83. The lowest BCUT2D eigenvalue weighted by Crippen LogP contribution is -2.28. The molecule has 0 bridgehead atoms. The highest BCUT2D eigenvalue weighted by molar-refractivity contribution is 5.85. The van der Waals surface area contributed by atoms with Gasteiger partial charge in [-0.05, 0) is 23.8 Å². The Balaban J connectivity index is 0.00000196. The summed E-state index contributed by atoms with van der Waals surface area (Å²) in [5.74, 6) is 0.474. The first-order valence-corrected chi connectivity index (χ1v) is 8.42. The Bertz CT molecular complexity index is 855. The first-order valence-electron chi connectivity index (χ1n) is 8.42. The van der Waals surface area contributed by atoms with Gasteiger partial charge in [-0.25, -0.2) is 9.37 Å². The molecular weight excluding hydrogens is 353 g/mol. The fourth-order valence-corrected chi connectivity index (χ4v) is 3.46. The Hall–Kier alpha value is -2.21. The zero-order valence-corrected chi connectivity index (χ0v) is 15.0. The van der Waals surface area contributed by atoms with Crippen LogP contribution in [0.3, 0.4) is 0 Å². The lowest BCUT2D eigenvalue weighted by atomic mass is 9.95. The van der Waals surface area contributed by atoms with Gasteiger partial charge in [0.25, 0.3) is 0 Å². The molecule has 26 heavy (non-hydrogen) atoms. The van der Waals surface area contributed by atoms with E-state index in [9.17, 15) is 4.39 Å². The van der Waals surface area contributed by atoms with Gasteiger partial charge < -0.3 is 10.2 Å². The molecule has 1 fully saturated rings. The van der Waals surface area contributed by atoms with E-state index < -0.39 is 0 Å². The predicted molar refractivity (Wildman–Crippen MR) is 102 cm³/mol. The average molecular weight is 374 g/mol. The van der Waals surface area contributed by atoms with Gasteiger partial charge in [0, 0.05) is 37.2 Å². The lowest BCUT2D eigenvalue weighted by Gasteiger charge is -2.14. The van der Waals surface area contributed by atoms with Crippen LogP contribution < -0.4 is 5.73 Å². The molecule has 2 heterocycles. The van der Waals surface area contributed by atoms with Gasteiger partial charge in [-0.3, -0.25) is 4.90 Å². The first-order chi connectivity index (χ1) is 12.2. The van der Waals surface area contributed by atoms with Gasteiger partial charge in [0.1, 0.15) is 12.1 Å². The Morgan fingerprint density at radius 2 is 1.92 bits per heavy atom. The van der Waals surface area contributed by atoms with Crippen LogP contribution in [-0.4, -0.2) is 29.0 Å². The largest absolute Gasteiger partial charge is 0.444 e. The van der Waals surface area contributed by atoms with Crippen molar-refractivity contribution in [2.45, 2.75) is 18.5 Å². The van der Waals surface area contributed by atoms with E-state index in [0.717, 1.165) is 18.8 Å². The molecule has 0 unspecified atom stereocenters. The number of likely N-dealkylation sites (tertiary alicyclic amines) is 1. The second kappa shape index (κ2) is 7.99. The molecule has 1 aliphatic rings. The minimum Gasteiger partial charge on any atom is -0.444 e. The molecule has 1 aliphatic heterocycles. The molecule has 3 aromatic rings. The van der Waals surface area contributed by atoms with E-state index >= 15 is 0 Å². The molecule has 4 rings (SSSR count). The number of aromatic nitrogens is 1. The maximum atomic E-state index is 13.3. The summed E-state index contributed by atoms with van der Waals surface area (Å²) in [6.45, 7) is 2.39. The van der Waals surface area contributed by atoms with E-state index in [-0.39, 0.29) is 24.3 Å². The van der Waals surface area contributed by atoms with Gasteiger partial charge >= 0.3 is 0 Å². The first kappa shape index (κ1) is 18.6. The van der Waals surface area contributed by atoms with E-state index in [0.29, 0.717) is 23.9 Å². The number of halogens is 2. The van der Waals surface area contributed by atoms with E-state index in [4.69, 9.17) is 10.2 Å². The molecule has 0 amide bonds. The monoisotopic (exact) mass is 373 g/mol. The van der Waals surface area contributed by atoms with Crippen molar-refractivity contribution in [2.75, 3.05) is 13.1 Å². The van der Waals surface area contributed by atoms with Gasteiger partial charge in [-0.1, -0.05) is 36.4 Å². The molecule has 2 atom stereocenters.